The van der Waals surface area contributed by atoms with Crippen LogP contribution in [0.15, 0.2) is 36.5 Å². The van der Waals surface area contributed by atoms with Crippen molar-refractivity contribution in [3.8, 4) is 11.1 Å². The Morgan fingerprint density at radius 2 is 1.88 bits per heavy atom. The molecule has 2 heteroatoms. The van der Waals surface area contributed by atoms with Gasteiger partial charge in [-0.2, -0.15) is 0 Å². The minimum Gasteiger partial charge on any atom is -0.295 e. The maximum absolute atomic E-state index is 11.4. The highest BCUT2D eigenvalue weighted by Gasteiger charge is 2.08. The Morgan fingerprint density at radius 1 is 1.12 bits per heavy atom. The summed E-state index contributed by atoms with van der Waals surface area (Å²) in [5.74, 6) is 0.0905. The number of nitrogens with zero attached hydrogens (tertiary/aromatic N) is 1. The van der Waals surface area contributed by atoms with Gasteiger partial charge in [-0.05, 0) is 44.0 Å². The first-order chi connectivity index (χ1) is 8.09. The van der Waals surface area contributed by atoms with Gasteiger partial charge in [0.05, 0.1) is 0 Å². The molecule has 1 heterocycles. The highest BCUT2D eigenvalue weighted by Crippen LogP contribution is 2.26. The SMILES string of the molecule is CC(=O)c1ccc(C)c(-c2cccnc2C)c1. The molecular formula is C15H15NO. The third-order valence-corrected chi connectivity index (χ3v) is 2.94. The summed E-state index contributed by atoms with van der Waals surface area (Å²) in [7, 11) is 0. The Morgan fingerprint density at radius 3 is 2.53 bits per heavy atom. The molecule has 0 aliphatic rings. The van der Waals surface area contributed by atoms with E-state index in [1.807, 2.05) is 44.2 Å². The molecule has 2 rings (SSSR count). The molecule has 0 radical (unpaired) electrons. The second-order valence-corrected chi connectivity index (χ2v) is 4.22. The Labute approximate surface area is 101 Å². The summed E-state index contributed by atoms with van der Waals surface area (Å²) in [6.07, 6.45) is 1.78. The van der Waals surface area contributed by atoms with Gasteiger partial charge >= 0.3 is 0 Å². The van der Waals surface area contributed by atoms with Crippen LogP contribution in [0.5, 0.6) is 0 Å². The van der Waals surface area contributed by atoms with Crippen molar-refractivity contribution < 1.29 is 4.79 Å². The van der Waals surface area contributed by atoms with E-state index in [1.165, 1.54) is 0 Å². The summed E-state index contributed by atoms with van der Waals surface area (Å²) in [4.78, 5) is 15.7. The average Bonchev–Trinajstić information content (AvgIpc) is 2.30. The molecular weight excluding hydrogens is 210 g/mol. The number of aryl methyl sites for hydroxylation is 2. The molecule has 0 fully saturated rings. The second kappa shape index (κ2) is 4.50. The highest BCUT2D eigenvalue weighted by atomic mass is 16.1. The van der Waals surface area contributed by atoms with E-state index in [0.29, 0.717) is 0 Å². The van der Waals surface area contributed by atoms with Gasteiger partial charge in [0.15, 0.2) is 5.78 Å². The summed E-state index contributed by atoms with van der Waals surface area (Å²) < 4.78 is 0. The maximum Gasteiger partial charge on any atom is 0.159 e. The maximum atomic E-state index is 11.4. The van der Waals surface area contributed by atoms with Crippen molar-refractivity contribution in [2.24, 2.45) is 0 Å². The van der Waals surface area contributed by atoms with Gasteiger partial charge in [-0.25, -0.2) is 0 Å². The molecule has 17 heavy (non-hydrogen) atoms. The molecule has 86 valence electrons. The Hall–Kier alpha value is -1.96. The number of aromatic nitrogens is 1. The van der Waals surface area contributed by atoms with Crippen molar-refractivity contribution in [1.82, 2.24) is 4.98 Å². The standard InChI is InChI=1S/C15H15NO/c1-10-6-7-13(12(3)17)9-15(10)14-5-4-8-16-11(14)2/h4-9H,1-3H3. The molecule has 0 amide bonds. The smallest absolute Gasteiger partial charge is 0.159 e. The number of Topliss-reactive ketones (excluding diaryl/α,β-unsaturated/α-hetero) is 1. The van der Waals surface area contributed by atoms with Crippen LogP contribution >= 0.6 is 0 Å². The van der Waals surface area contributed by atoms with Gasteiger partial charge in [-0.1, -0.05) is 18.2 Å². The van der Waals surface area contributed by atoms with Crippen molar-refractivity contribution in [2.45, 2.75) is 20.8 Å². The van der Waals surface area contributed by atoms with Crippen LogP contribution in [0, 0.1) is 13.8 Å². The zero-order chi connectivity index (χ0) is 12.4. The minimum absolute atomic E-state index is 0.0905. The fourth-order valence-electron chi connectivity index (χ4n) is 1.90. The van der Waals surface area contributed by atoms with Crippen LogP contribution in [0.25, 0.3) is 11.1 Å². The van der Waals surface area contributed by atoms with Crippen molar-refractivity contribution in [1.29, 1.82) is 0 Å². The summed E-state index contributed by atoms with van der Waals surface area (Å²) in [6.45, 7) is 5.62. The Bertz CT molecular complexity index is 573. The number of hydrogen-bond acceptors (Lipinski definition) is 2. The predicted molar refractivity (Wildman–Crippen MR) is 69.2 cm³/mol. The van der Waals surface area contributed by atoms with Crippen LogP contribution in [0.1, 0.15) is 28.5 Å². The average molecular weight is 225 g/mol. The first-order valence-electron chi connectivity index (χ1n) is 5.63. The van der Waals surface area contributed by atoms with Crippen molar-refractivity contribution in [3.63, 3.8) is 0 Å². The van der Waals surface area contributed by atoms with Gasteiger partial charge in [0, 0.05) is 23.0 Å². The van der Waals surface area contributed by atoms with Crippen LogP contribution in [0.3, 0.4) is 0 Å². The fraction of sp³-hybridized carbons (Fsp3) is 0.200. The normalized spacial score (nSPS) is 10.3. The lowest BCUT2D eigenvalue weighted by Gasteiger charge is -2.09. The van der Waals surface area contributed by atoms with Crippen LogP contribution in [0.2, 0.25) is 0 Å². The lowest BCUT2D eigenvalue weighted by molar-refractivity contribution is 0.101. The molecule has 1 aromatic heterocycles. The quantitative estimate of drug-likeness (QED) is 0.731. The number of carbonyl (C=O) groups excluding carboxylic acids is 1. The zero-order valence-electron chi connectivity index (χ0n) is 10.3. The monoisotopic (exact) mass is 225 g/mol. The van der Waals surface area contributed by atoms with E-state index in [4.69, 9.17) is 0 Å². The molecule has 0 saturated heterocycles. The molecule has 0 atom stereocenters. The Kier molecular flexibility index (Phi) is 3.05. The molecule has 0 aliphatic carbocycles. The van der Waals surface area contributed by atoms with Crippen LogP contribution in [-0.2, 0) is 0 Å². The van der Waals surface area contributed by atoms with Gasteiger partial charge in [0.1, 0.15) is 0 Å². The molecule has 0 aliphatic heterocycles. The zero-order valence-corrected chi connectivity index (χ0v) is 10.3. The number of ketones is 1. The molecule has 0 saturated carbocycles. The number of hydrogen-bond donors (Lipinski definition) is 0. The van der Waals surface area contributed by atoms with Crippen molar-refractivity contribution in [3.05, 3.63) is 53.3 Å². The van der Waals surface area contributed by atoms with Gasteiger partial charge in [-0.15, -0.1) is 0 Å². The fourth-order valence-corrected chi connectivity index (χ4v) is 1.90. The van der Waals surface area contributed by atoms with Crippen molar-refractivity contribution in [2.75, 3.05) is 0 Å². The number of pyridine rings is 1. The second-order valence-electron chi connectivity index (χ2n) is 4.22. The summed E-state index contributed by atoms with van der Waals surface area (Å²) in [5.41, 5.74) is 5.06. The molecule has 0 N–H and O–H groups in total. The van der Waals surface area contributed by atoms with Crippen molar-refractivity contribution >= 4 is 5.78 Å². The predicted octanol–water partition coefficient (Wildman–Crippen LogP) is 3.57. The number of benzene rings is 1. The van der Waals surface area contributed by atoms with Gasteiger partial charge in [-0.3, -0.25) is 9.78 Å². The van der Waals surface area contributed by atoms with E-state index in [2.05, 4.69) is 4.98 Å². The molecule has 1 aromatic carbocycles. The highest BCUT2D eigenvalue weighted by molar-refractivity contribution is 5.95. The first kappa shape index (κ1) is 11.5. The van der Waals surface area contributed by atoms with Crippen LogP contribution < -0.4 is 0 Å². The minimum atomic E-state index is 0.0905. The van der Waals surface area contributed by atoms with E-state index < -0.39 is 0 Å². The van der Waals surface area contributed by atoms with E-state index in [1.54, 1.807) is 13.1 Å². The van der Waals surface area contributed by atoms with E-state index in [0.717, 1.165) is 27.9 Å². The molecule has 2 nitrogen and oxygen atoms in total. The van der Waals surface area contributed by atoms with E-state index in [9.17, 15) is 4.79 Å². The lowest BCUT2D eigenvalue weighted by atomic mass is 9.96. The number of carbonyl (C=O) groups is 1. The first-order valence-corrected chi connectivity index (χ1v) is 5.63. The van der Waals surface area contributed by atoms with Gasteiger partial charge in [0.25, 0.3) is 0 Å². The summed E-state index contributed by atoms with van der Waals surface area (Å²) in [5, 5.41) is 0. The Balaban J connectivity index is 2.63. The third kappa shape index (κ3) is 2.26. The summed E-state index contributed by atoms with van der Waals surface area (Å²) in [6, 6.07) is 9.75. The largest absolute Gasteiger partial charge is 0.295 e. The van der Waals surface area contributed by atoms with Gasteiger partial charge in [0.2, 0.25) is 0 Å². The van der Waals surface area contributed by atoms with E-state index >= 15 is 0 Å². The van der Waals surface area contributed by atoms with E-state index in [-0.39, 0.29) is 5.78 Å². The molecule has 0 bridgehead atoms. The number of rotatable bonds is 2. The molecule has 0 spiro atoms. The molecule has 2 aromatic rings. The lowest BCUT2D eigenvalue weighted by Crippen LogP contribution is -1.95. The van der Waals surface area contributed by atoms with Crippen LogP contribution in [0.4, 0.5) is 0 Å². The third-order valence-electron chi connectivity index (χ3n) is 2.94. The van der Waals surface area contributed by atoms with Crippen LogP contribution in [-0.4, -0.2) is 10.8 Å². The molecule has 0 unspecified atom stereocenters. The summed E-state index contributed by atoms with van der Waals surface area (Å²) >= 11 is 0. The van der Waals surface area contributed by atoms with Gasteiger partial charge < -0.3 is 0 Å². The topological polar surface area (TPSA) is 30.0 Å².